The molecule has 1 aliphatic rings. The molecule has 7 heteroatoms. The Balaban J connectivity index is 2.03. The minimum atomic E-state index is -0.573. The Labute approximate surface area is 141 Å². The highest BCUT2D eigenvalue weighted by Gasteiger charge is 2.24. The molecule has 1 heterocycles. The number of benzene rings is 1. The predicted molar refractivity (Wildman–Crippen MR) is 88.2 cm³/mol. The zero-order valence-electron chi connectivity index (χ0n) is 14.1. The van der Waals surface area contributed by atoms with Crippen LogP contribution in [0.25, 0.3) is 0 Å². The summed E-state index contributed by atoms with van der Waals surface area (Å²) in [7, 11) is 3.18. The van der Waals surface area contributed by atoms with Gasteiger partial charge in [0.05, 0.1) is 7.11 Å². The van der Waals surface area contributed by atoms with Crippen LogP contribution in [-0.4, -0.2) is 57.2 Å². The molecular formula is C17H24N2O5. The van der Waals surface area contributed by atoms with Gasteiger partial charge in [0.25, 0.3) is 11.8 Å². The van der Waals surface area contributed by atoms with Gasteiger partial charge < -0.3 is 24.8 Å². The Hall–Kier alpha value is -2.28. The Morgan fingerprint density at radius 3 is 2.50 bits per heavy atom. The van der Waals surface area contributed by atoms with E-state index in [0.29, 0.717) is 23.0 Å². The molecule has 1 fully saturated rings. The number of hydrogen-bond donors (Lipinski definition) is 1. The molecule has 2 rings (SSSR count). The molecule has 1 aromatic carbocycles. The molecule has 0 aliphatic carbocycles. The Bertz CT molecular complexity index is 582. The van der Waals surface area contributed by atoms with Crippen LogP contribution >= 0.6 is 0 Å². The monoisotopic (exact) mass is 336 g/mol. The van der Waals surface area contributed by atoms with Crippen LogP contribution in [0.3, 0.4) is 0 Å². The van der Waals surface area contributed by atoms with Gasteiger partial charge in [-0.2, -0.15) is 0 Å². The van der Waals surface area contributed by atoms with Crippen molar-refractivity contribution in [3.05, 3.63) is 23.8 Å². The summed E-state index contributed by atoms with van der Waals surface area (Å²) in [4.78, 5) is 25.3. The molecule has 1 aliphatic heterocycles. The molecule has 1 saturated heterocycles. The van der Waals surface area contributed by atoms with E-state index in [1.165, 1.54) is 7.11 Å². The standard InChI is InChI=1S/C17H24N2O5/c1-22-10-12-5-7-19(8-6-12)17(21)13-3-4-14(15(9-13)23-2)24-11-16(18)20/h3-4,9,12H,5-8,10-11H2,1-2H3,(H2,18,20). The molecular weight excluding hydrogens is 312 g/mol. The molecule has 0 bridgehead atoms. The van der Waals surface area contributed by atoms with Gasteiger partial charge in [0.15, 0.2) is 18.1 Å². The summed E-state index contributed by atoms with van der Waals surface area (Å²) in [6.45, 7) is 1.93. The van der Waals surface area contributed by atoms with Crippen molar-refractivity contribution in [1.29, 1.82) is 0 Å². The van der Waals surface area contributed by atoms with Crippen molar-refractivity contribution >= 4 is 11.8 Å². The second-order valence-corrected chi connectivity index (χ2v) is 5.81. The number of primary amides is 1. The molecule has 7 nitrogen and oxygen atoms in total. The molecule has 132 valence electrons. The normalized spacial score (nSPS) is 15.2. The van der Waals surface area contributed by atoms with Gasteiger partial charge in [-0.3, -0.25) is 9.59 Å². The molecule has 0 atom stereocenters. The van der Waals surface area contributed by atoms with Crippen molar-refractivity contribution in [2.75, 3.05) is 40.5 Å². The fourth-order valence-electron chi connectivity index (χ4n) is 2.79. The third-order valence-corrected chi connectivity index (χ3v) is 4.08. The quantitative estimate of drug-likeness (QED) is 0.804. The minimum absolute atomic E-state index is 0.0365. The van der Waals surface area contributed by atoms with E-state index < -0.39 is 5.91 Å². The number of likely N-dealkylation sites (tertiary alicyclic amines) is 1. The number of nitrogens with two attached hydrogens (primary N) is 1. The van der Waals surface area contributed by atoms with Crippen LogP contribution in [0.15, 0.2) is 18.2 Å². The average molecular weight is 336 g/mol. The molecule has 0 aromatic heterocycles. The van der Waals surface area contributed by atoms with Crippen LogP contribution in [0.1, 0.15) is 23.2 Å². The van der Waals surface area contributed by atoms with Crippen LogP contribution in [-0.2, 0) is 9.53 Å². The van der Waals surface area contributed by atoms with E-state index in [4.69, 9.17) is 19.9 Å². The van der Waals surface area contributed by atoms with Gasteiger partial charge in [0.2, 0.25) is 0 Å². The first-order valence-electron chi connectivity index (χ1n) is 7.92. The van der Waals surface area contributed by atoms with E-state index >= 15 is 0 Å². The number of nitrogens with zero attached hydrogens (tertiary/aromatic N) is 1. The third kappa shape index (κ3) is 4.61. The maximum atomic E-state index is 12.6. The van der Waals surface area contributed by atoms with Crippen LogP contribution < -0.4 is 15.2 Å². The van der Waals surface area contributed by atoms with E-state index in [1.807, 2.05) is 4.90 Å². The maximum Gasteiger partial charge on any atom is 0.255 e. The largest absolute Gasteiger partial charge is 0.493 e. The second kappa shape index (κ2) is 8.54. The van der Waals surface area contributed by atoms with E-state index in [9.17, 15) is 9.59 Å². The lowest BCUT2D eigenvalue weighted by Gasteiger charge is -2.31. The lowest BCUT2D eigenvalue weighted by molar-refractivity contribution is -0.119. The number of piperidine rings is 1. The molecule has 2 N–H and O–H groups in total. The zero-order chi connectivity index (χ0) is 17.5. The van der Waals surface area contributed by atoms with Gasteiger partial charge in [-0.05, 0) is 37.0 Å². The average Bonchev–Trinajstić information content (AvgIpc) is 2.60. The summed E-state index contributed by atoms with van der Waals surface area (Å²) < 4.78 is 15.7. The van der Waals surface area contributed by atoms with Crippen molar-refractivity contribution in [3.8, 4) is 11.5 Å². The number of ether oxygens (including phenoxy) is 3. The maximum absolute atomic E-state index is 12.6. The molecule has 0 spiro atoms. The molecule has 2 amide bonds. The fourth-order valence-corrected chi connectivity index (χ4v) is 2.79. The van der Waals surface area contributed by atoms with E-state index in [2.05, 4.69) is 0 Å². The minimum Gasteiger partial charge on any atom is -0.493 e. The molecule has 0 saturated carbocycles. The van der Waals surface area contributed by atoms with Crippen molar-refractivity contribution in [2.45, 2.75) is 12.8 Å². The topological polar surface area (TPSA) is 91.1 Å². The van der Waals surface area contributed by atoms with E-state index in [0.717, 1.165) is 32.5 Å². The fraction of sp³-hybridized carbons (Fsp3) is 0.529. The van der Waals surface area contributed by atoms with E-state index in [-0.39, 0.29) is 12.5 Å². The Kier molecular flexibility index (Phi) is 6.43. The van der Waals surface area contributed by atoms with Gasteiger partial charge in [-0.15, -0.1) is 0 Å². The van der Waals surface area contributed by atoms with Crippen LogP contribution in [0.2, 0.25) is 0 Å². The van der Waals surface area contributed by atoms with Crippen molar-refractivity contribution in [3.63, 3.8) is 0 Å². The lowest BCUT2D eigenvalue weighted by Crippen LogP contribution is -2.39. The first-order valence-corrected chi connectivity index (χ1v) is 7.92. The van der Waals surface area contributed by atoms with E-state index in [1.54, 1.807) is 25.3 Å². The smallest absolute Gasteiger partial charge is 0.255 e. The van der Waals surface area contributed by atoms with Crippen LogP contribution in [0.4, 0.5) is 0 Å². The van der Waals surface area contributed by atoms with Gasteiger partial charge >= 0.3 is 0 Å². The van der Waals surface area contributed by atoms with Crippen molar-refractivity contribution < 1.29 is 23.8 Å². The van der Waals surface area contributed by atoms with Gasteiger partial charge in [-0.25, -0.2) is 0 Å². The van der Waals surface area contributed by atoms with Crippen molar-refractivity contribution in [1.82, 2.24) is 4.90 Å². The number of rotatable bonds is 7. The first-order chi connectivity index (χ1) is 11.5. The SMILES string of the molecule is COCC1CCN(C(=O)c2ccc(OCC(N)=O)c(OC)c2)CC1. The second-order valence-electron chi connectivity index (χ2n) is 5.81. The molecule has 0 unspecified atom stereocenters. The number of carbonyl (C=O) groups excluding carboxylic acids is 2. The number of amides is 2. The van der Waals surface area contributed by atoms with Crippen LogP contribution in [0.5, 0.6) is 11.5 Å². The highest BCUT2D eigenvalue weighted by atomic mass is 16.5. The third-order valence-electron chi connectivity index (χ3n) is 4.08. The molecule has 0 radical (unpaired) electrons. The summed E-state index contributed by atoms with van der Waals surface area (Å²) in [5.41, 5.74) is 5.60. The predicted octanol–water partition coefficient (Wildman–Crippen LogP) is 1.06. The summed E-state index contributed by atoms with van der Waals surface area (Å²) in [6, 6.07) is 4.91. The number of hydrogen-bond acceptors (Lipinski definition) is 5. The number of methoxy groups -OCH3 is 2. The molecule has 1 aromatic rings. The first kappa shape index (κ1) is 18.1. The summed E-state index contributed by atoms with van der Waals surface area (Å²) in [6.07, 6.45) is 1.88. The summed E-state index contributed by atoms with van der Waals surface area (Å²) in [5, 5.41) is 0. The zero-order valence-corrected chi connectivity index (χ0v) is 14.1. The van der Waals surface area contributed by atoms with Gasteiger partial charge in [0.1, 0.15) is 0 Å². The Morgan fingerprint density at radius 1 is 1.21 bits per heavy atom. The summed E-state index contributed by atoms with van der Waals surface area (Å²) in [5.74, 6) is 0.683. The highest BCUT2D eigenvalue weighted by Crippen LogP contribution is 2.29. The van der Waals surface area contributed by atoms with Crippen molar-refractivity contribution in [2.24, 2.45) is 11.7 Å². The lowest BCUT2D eigenvalue weighted by atomic mass is 9.97. The highest BCUT2D eigenvalue weighted by molar-refractivity contribution is 5.95. The van der Waals surface area contributed by atoms with Gasteiger partial charge in [-0.1, -0.05) is 0 Å². The van der Waals surface area contributed by atoms with Gasteiger partial charge in [0, 0.05) is 32.4 Å². The number of carbonyl (C=O) groups is 2. The molecule has 24 heavy (non-hydrogen) atoms. The summed E-state index contributed by atoms with van der Waals surface area (Å²) >= 11 is 0. The van der Waals surface area contributed by atoms with Crippen LogP contribution in [0, 0.1) is 5.92 Å². The Morgan fingerprint density at radius 2 is 1.92 bits per heavy atom.